The molecular formula is C20H21FN2O2. The van der Waals surface area contributed by atoms with Crippen LogP contribution in [0.3, 0.4) is 0 Å². The molecule has 0 atom stereocenters. The normalized spacial score (nSPS) is 14.0. The van der Waals surface area contributed by atoms with Crippen molar-refractivity contribution in [2.24, 2.45) is 0 Å². The Morgan fingerprint density at radius 1 is 1.12 bits per heavy atom. The molecule has 0 radical (unpaired) electrons. The van der Waals surface area contributed by atoms with Crippen molar-refractivity contribution in [1.82, 2.24) is 4.90 Å². The monoisotopic (exact) mass is 340 g/mol. The zero-order valence-corrected chi connectivity index (χ0v) is 14.2. The number of hydrogen-bond donors (Lipinski definition) is 0. The highest BCUT2D eigenvalue weighted by atomic mass is 19.1. The zero-order chi connectivity index (χ0) is 17.8. The number of halogens is 1. The van der Waals surface area contributed by atoms with Gasteiger partial charge in [0.2, 0.25) is 5.91 Å². The van der Waals surface area contributed by atoms with Crippen molar-refractivity contribution < 1.29 is 14.0 Å². The van der Waals surface area contributed by atoms with Crippen LogP contribution in [0.1, 0.15) is 35.7 Å². The van der Waals surface area contributed by atoms with Crippen LogP contribution in [-0.4, -0.2) is 29.8 Å². The van der Waals surface area contributed by atoms with Gasteiger partial charge in [-0.05, 0) is 55.3 Å². The predicted molar refractivity (Wildman–Crippen MR) is 94.8 cm³/mol. The lowest BCUT2D eigenvalue weighted by atomic mass is 10.1. The molecule has 2 amide bonds. The van der Waals surface area contributed by atoms with Crippen LogP contribution in [0.25, 0.3) is 0 Å². The van der Waals surface area contributed by atoms with Crippen LogP contribution >= 0.6 is 0 Å². The first-order valence-corrected chi connectivity index (χ1v) is 8.52. The fourth-order valence-electron chi connectivity index (χ4n) is 3.06. The van der Waals surface area contributed by atoms with Crippen molar-refractivity contribution in [3.8, 4) is 0 Å². The summed E-state index contributed by atoms with van der Waals surface area (Å²) in [6.45, 7) is 3.76. The lowest BCUT2D eigenvalue weighted by molar-refractivity contribution is -0.128. The van der Waals surface area contributed by atoms with Crippen molar-refractivity contribution in [1.29, 1.82) is 0 Å². The van der Waals surface area contributed by atoms with Gasteiger partial charge < -0.3 is 9.80 Å². The Balaban J connectivity index is 1.72. The fraction of sp³-hybridized carbons (Fsp3) is 0.300. The lowest BCUT2D eigenvalue weighted by Crippen LogP contribution is -2.30. The van der Waals surface area contributed by atoms with Crippen LogP contribution in [-0.2, 0) is 11.3 Å². The van der Waals surface area contributed by atoms with Gasteiger partial charge in [0.05, 0.1) is 0 Å². The van der Waals surface area contributed by atoms with Crippen LogP contribution < -0.4 is 4.90 Å². The largest absolute Gasteiger partial charge is 0.338 e. The molecule has 0 aromatic heterocycles. The molecule has 0 saturated carbocycles. The number of nitrogens with zero attached hydrogens (tertiary/aromatic N) is 2. The molecule has 0 bridgehead atoms. The summed E-state index contributed by atoms with van der Waals surface area (Å²) in [7, 11) is 0. The van der Waals surface area contributed by atoms with Crippen LogP contribution in [0.4, 0.5) is 10.1 Å². The average molecular weight is 340 g/mol. The van der Waals surface area contributed by atoms with Crippen LogP contribution in [0.5, 0.6) is 0 Å². The molecule has 1 aliphatic rings. The SMILES string of the molecule is CCN(C(=O)c1ccc(CN2CCCC2=O)cc1)c1ccc(F)cc1. The van der Waals surface area contributed by atoms with E-state index < -0.39 is 0 Å². The smallest absolute Gasteiger partial charge is 0.258 e. The molecule has 2 aromatic rings. The van der Waals surface area contributed by atoms with Crippen molar-refractivity contribution in [3.05, 3.63) is 65.5 Å². The summed E-state index contributed by atoms with van der Waals surface area (Å²) in [6.07, 6.45) is 1.54. The minimum atomic E-state index is -0.326. The van der Waals surface area contributed by atoms with Crippen molar-refractivity contribution in [2.45, 2.75) is 26.3 Å². The summed E-state index contributed by atoms with van der Waals surface area (Å²) in [5, 5.41) is 0. The Hall–Kier alpha value is -2.69. The Labute approximate surface area is 146 Å². The second-order valence-corrected chi connectivity index (χ2v) is 6.14. The van der Waals surface area contributed by atoms with E-state index in [9.17, 15) is 14.0 Å². The van der Waals surface area contributed by atoms with E-state index in [1.165, 1.54) is 12.1 Å². The molecule has 0 N–H and O–H groups in total. The summed E-state index contributed by atoms with van der Waals surface area (Å²) >= 11 is 0. The summed E-state index contributed by atoms with van der Waals surface area (Å²) in [5.41, 5.74) is 2.25. The van der Waals surface area contributed by atoms with Gasteiger partial charge in [-0.25, -0.2) is 4.39 Å². The number of amides is 2. The van der Waals surface area contributed by atoms with Gasteiger partial charge in [0, 0.05) is 37.3 Å². The third kappa shape index (κ3) is 3.87. The van der Waals surface area contributed by atoms with Crippen molar-refractivity contribution in [2.75, 3.05) is 18.0 Å². The summed E-state index contributed by atoms with van der Waals surface area (Å²) in [6, 6.07) is 13.2. The van der Waals surface area contributed by atoms with Gasteiger partial charge >= 0.3 is 0 Å². The molecule has 0 aliphatic carbocycles. The van der Waals surface area contributed by atoms with Crippen LogP contribution in [0.2, 0.25) is 0 Å². The minimum absolute atomic E-state index is 0.127. The minimum Gasteiger partial charge on any atom is -0.338 e. The standard InChI is InChI=1S/C20H21FN2O2/c1-2-23(18-11-9-17(21)10-12-18)20(25)16-7-5-15(6-8-16)14-22-13-3-4-19(22)24/h5-12H,2-4,13-14H2,1H3. The molecule has 1 heterocycles. The maximum atomic E-state index is 13.1. The number of likely N-dealkylation sites (tertiary alicyclic amines) is 1. The number of carbonyl (C=O) groups excluding carboxylic acids is 2. The molecule has 0 spiro atoms. The van der Waals surface area contributed by atoms with Gasteiger partial charge in [0.15, 0.2) is 0 Å². The second kappa shape index (κ2) is 7.47. The van der Waals surface area contributed by atoms with Gasteiger partial charge in [0.25, 0.3) is 5.91 Å². The maximum absolute atomic E-state index is 13.1. The third-order valence-corrected chi connectivity index (χ3v) is 4.45. The first-order chi connectivity index (χ1) is 12.1. The van der Waals surface area contributed by atoms with Gasteiger partial charge in [-0.3, -0.25) is 9.59 Å². The van der Waals surface area contributed by atoms with E-state index in [-0.39, 0.29) is 17.6 Å². The van der Waals surface area contributed by atoms with Gasteiger partial charge in [-0.2, -0.15) is 0 Å². The van der Waals surface area contributed by atoms with E-state index in [1.54, 1.807) is 29.2 Å². The molecule has 5 heteroatoms. The highest BCUT2D eigenvalue weighted by Gasteiger charge is 2.20. The molecule has 130 valence electrons. The lowest BCUT2D eigenvalue weighted by Gasteiger charge is -2.21. The van der Waals surface area contributed by atoms with E-state index in [4.69, 9.17) is 0 Å². The molecular weight excluding hydrogens is 319 g/mol. The van der Waals surface area contributed by atoms with E-state index in [0.29, 0.717) is 30.8 Å². The Morgan fingerprint density at radius 2 is 1.80 bits per heavy atom. The predicted octanol–water partition coefficient (Wildman–Crippen LogP) is 3.61. The summed E-state index contributed by atoms with van der Waals surface area (Å²) in [5.74, 6) is -0.264. The molecule has 0 unspecified atom stereocenters. The Morgan fingerprint density at radius 3 is 2.36 bits per heavy atom. The first kappa shape index (κ1) is 17.1. The van der Waals surface area contributed by atoms with Crippen LogP contribution in [0, 0.1) is 5.82 Å². The zero-order valence-electron chi connectivity index (χ0n) is 14.2. The molecule has 2 aromatic carbocycles. The summed E-state index contributed by atoms with van der Waals surface area (Å²) in [4.78, 5) is 27.9. The number of anilines is 1. The van der Waals surface area contributed by atoms with E-state index in [0.717, 1.165) is 18.5 Å². The Bertz CT molecular complexity index is 756. The Kier molecular flexibility index (Phi) is 5.12. The number of rotatable bonds is 5. The van der Waals surface area contributed by atoms with Gasteiger partial charge in [-0.1, -0.05) is 12.1 Å². The maximum Gasteiger partial charge on any atom is 0.258 e. The first-order valence-electron chi connectivity index (χ1n) is 8.52. The van der Waals surface area contributed by atoms with Crippen molar-refractivity contribution >= 4 is 17.5 Å². The quantitative estimate of drug-likeness (QED) is 0.834. The van der Waals surface area contributed by atoms with E-state index in [2.05, 4.69) is 0 Å². The summed E-state index contributed by atoms with van der Waals surface area (Å²) < 4.78 is 13.1. The highest BCUT2D eigenvalue weighted by molar-refractivity contribution is 6.06. The molecule has 1 saturated heterocycles. The number of carbonyl (C=O) groups is 2. The third-order valence-electron chi connectivity index (χ3n) is 4.45. The highest BCUT2D eigenvalue weighted by Crippen LogP contribution is 2.19. The molecule has 1 fully saturated rings. The van der Waals surface area contributed by atoms with Gasteiger partial charge in [0.1, 0.15) is 5.82 Å². The average Bonchev–Trinajstić information content (AvgIpc) is 3.02. The van der Waals surface area contributed by atoms with Crippen molar-refractivity contribution in [3.63, 3.8) is 0 Å². The van der Waals surface area contributed by atoms with Gasteiger partial charge in [-0.15, -0.1) is 0 Å². The molecule has 1 aliphatic heterocycles. The van der Waals surface area contributed by atoms with E-state index in [1.807, 2.05) is 24.0 Å². The molecule has 4 nitrogen and oxygen atoms in total. The van der Waals surface area contributed by atoms with E-state index >= 15 is 0 Å². The topological polar surface area (TPSA) is 40.6 Å². The number of benzene rings is 2. The number of hydrogen-bond acceptors (Lipinski definition) is 2. The molecule has 3 rings (SSSR count). The molecule has 25 heavy (non-hydrogen) atoms. The second-order valence-electron chi connectivity index (χ2n) is 6.14. The fourth-order valence-corrected chi connectivity index (χ4v) is 3.06. The van der Waals surface area contributed by atoms with Crippen LogP contribution in [0.15, 0.2) is 48.5 Å².